The van der Waals surface area contributed by atoms with Gasteiger partial charge in [0.25, 0.3) is 0 Å². The van der Waals surface area contributed by atoms with Gasteiger partial charge in [-0.3, -0.25) is 0 Å². The van der Waals surface area contributed by atoms with Crippen molar-refractivity contribution in [2.24, 2.45) is 0 Å². The summed E-state index contributed by atoms with van der Waals surface area (Å²) in [7, 11) is 0. The van der Waals surface area contributed by atoms with Crippen LogP contribution in [0.5, 0.6) is 0 Å². The smallest absolute Gasteiger partial charge is 0.191 e. The molecule has 1 aromatic heterocycles. The minimum absolute atomic E-state index is 0.758. The van der Waals surface area contributed by atoms with Crippen molar-refractivity contribution in [3.05, 3.63) is 6.07 Å². The van der Waals surface area contributed by atoms with Crippen LogP contribution >= 0.6 is 11.8 Å². The molecule has 2 heterocycles. The van der Waals surface area contributed by atoms with Crippen LogP contribution in [0.15, 0.2) is 11.2 Å². The van der Waals surface area contributed by atoms with Crippen LogP contribution in [-0.2, 0) is 4.74 Å². The molecular formula is C12H21N5OS. The summed E-state index contributed by atoms with van der Waals surface area (Å²) in [6.07, 6.45) is 3.06. The van der Waals surface area contributed by atoms with Crippen LogP contribution in [0.3, 0.4) is 0 Å². The third kappa shape index (κ3) is 4.52. The van der Waals surface area contributed by atoms with E-state index in [9.17, 15) is 0 Å². The molecule has 0 aromatic carbocycles. The molecule has 1 aliphatic rings. The van der Waals surface area contributed by atoms with E-state index >= 15 is 0 Å². The second kappa shape index (κ2) is 7.52. The lowest BCUT2D eigenvalue weighted by Crippen LogP contribution is -2.40. The van der Waals surface area contributed by atoms with Gasteiger partial charge < -0.3 is 15.5 Å². The van der Waals surface area contributed by atoms with Gasteiger partial charge in [0, 0.05) is 25.7 Å². The Labute approximate surface area is 118 Å². The first kappa shape index (κ1) is 14.4. The van der Waals surface area contributed by atoms with Crippen molar-refractivity contribution < 1.29 is 4.74 Å². The second-order valence-corrected chi connectivity index (χ2v) is 5.04. The molecule has 0 bridgehead atoms. The van der Waals surface area contributed by atoms with Crippen LogP contribution in [0.1, 0.15) is 13.3 Å². The van der Waals surface area contributed by atoms with Crippen molar-refractivity contribution in [1.82, 2.24) is 15.0 Å². The summed E-state index contributed by atoms with van der Waals surface area (Å²) in [6.45, 7) is 6.31. The molecular weight excluding hydrogens is 262 g/mol. The van der Waals surface area contributed by atoms with Crippen molar-refractivity contribution in [3.63, 3.8) is 0 Å². The quantitative estimate of drug-likeness (QED) is 0.608. The van der Waals surface area contributed by atoms with Crippen molar-refractivity contribution in [1.29, 1.82) is 0 Å². The summed E-state index contributed by atoms with van der Waals surface area (Å²) in [4.78, 5) is 8.91. The maximum absolute atomic E-state index is 5.33. The zero-order chi connectivity index (χ0) is 13.5. The topological polar surface area (TPSA) is 62.3 Å². The first-order chi connectivity index (χ1) is 9.31. The number of rotatable bonds is 6. The van der Waals surface area contributed by atoms with Gasteiger partial charge in [-0.2, -0.15) is 0 Å². The Morgan fingerprint density at radius 1 is 1.32 bits per heavy atom. The third-order valence-corrected chi connectivity index (χ3v) is 3.28. The van der Waals surface area contributed by atoms with Gasteiger partial charge in [0.15, 0.2) is 5.16 Å². The van der Waals surface area contributed by atoms with E-state index in [4.69, 9.17) is 4.74 Å². The van der Waals surface area contributed by atoms with E-state index in [2.05, 4.69) is 32.6 Å². The number of nitrogens with zero attached hydrogens (tertiary/aromatic N) is 3. The number of aromatic nitrogens is 2. The van der Waals surface area contributed by atoms with Crippen molar-refractivity contribution >= 4 is 23.4 Å². The van der Waals surface area contributed by atoms with Gasteiger partial charge in [-0.15, -0.1) is 0 Å². The second-order valence-electron chi connectivity index (χ2n) is 4.26. The Morgan fingerprint density at radius 3 is 2.74 bits per heavy atom. The summed E-state index contributed by atoms with van der Waals surface area (Å²) < 4.78 is 5.33. The largest absolute Gasteiger partial charge is 0.379 e. The molecule has 0 unspecified atom stereocenters. The van der Waals surface area contributed by atoms with Crippen LogP contribution in [0.2, 0.25) is 0 Å². The number of hydrogen-bond acceptors (Lipinski definition) is 7. The normalized spacial score (nSPS) is 16.3. The van der Waals surface area contributed by atoms with Gasteiger partial charge in [-0.1, -0.05) is 18.7 Å². The van der Waals surface area contributed by atoms with E-state index in [1.54, 1.807) is 11.8 Å². The van der Waals surface area contributed by atoms with Gasteiger partial charge in [0.2, 0.25) is 0 Å². The number of morpholine rings is 1. The highest BCUT2D eigenvalue weighted by Crippen LogP contribution is 2.18. The summed E-state index contributed by atoms with van der Waals surface area (Å²) in [5, 5.41) is 6.20. The van der Waals surface area contributed by atoms with Gasteiger partial charge in [0.1, 0.15) is 11.6 Å². The van der Waals surface area contributed by atoms with Crippen LogP contribution in [0.25, 0.3) is 0 Å². The molecule has 1 aliphatic heterocycles. The average Bonchev–Trinajstić information content (AvgIpc) is 2.46. The van der Waals surface area contributed by atoms with Crippen molar-refractivity contribution in [3.8, 4) is 0 Å². The molecule has 0 radical (unpaired) electrons. The van der Waals surface area contributed by atoms with Crippen molar-refractivity contribution in [2.45, 2.75) is 18.5 Å². The monoisotopic (exact) mass is 283 g/mol. The maximum atomic E-state index is 5.33. The molecule has 106 valence electrons. The fourth-order valence-corrected chi connectivity index (χ4v) is 2.13. The Kier molecular flexibility index (Phi) is 5.68. The molecule has 0 amide bonds. The lowest BCUT2D eigenvalue weighted by Gasteiger charge is -2.27. The molecule has 2 N–H and O–H groups in total. The predicted molar refractivity (Wildman–Crippen MR) is 78.6 cm³/mol. The number of hydrogen-bond donors (Lipinski definition) is 2. The molecule has 0 spiro atoms. The van der Waals surface area contributed by atoms with Crippen LogP contribution in [0.4, 0.5) is 11.6 Å². The van der Waals surface area contributed by atoms with Gasteiger partial charge in [0.05, 0.1) is 13.2 Å². The highest BCUT2D eigenvalue weighted by Gasteiger charge is 2.12. The van der Waals surface area contributed by atoms with E-state index in [0.717, 1.165) is 56.1 Å². The SMILES string of the molecule is CCCNc1cc(NN2CCOCC2)nc(SC)n1. The Bertz CT molecular complexity index is 398. The highest BCUT2D eigenvalue weighted by molar-refractivity contribution is 7.98. The summed E-state index contributed by atoms with van der Waals surface area (Å²) in [6, 6.07) is 1.95. The van der Waals surface area contributed by atoms with E-state index in [1.807, 2.05) is 12.3 Å². The van der Waals surface area contributed by atoms with E-state index in [1.165, 1.54) is 0 Å². The minimum atomic E-state index is 0.758. The number of anilines is 2. The molecule has 0 saturated carbocycles. The molecule has 2 rings (SSSR count). The summed E-state index contributed by atoms with van der Waals surface area (Å²) in [5.41, 5.74) is 3.32. The van der Waals surface area contributed by atoms with Crippen molar-refractivity contribution in [2.75, 3.05) is 49.8 Å². The maximum Gasteiger partial charge on any atom is 0.191 e. The average molecular weight is 283 g/mol. The predicted octanol–water partition coefficient (Wildman–Crippen LogP) is 1.68. The van der Waals surface area contributed by atoms with Gasteiger partial charge in [-0.25, -0.2) is 15.0 Å². The first-order valence-corrected chi connectivity index (χ1v) is 7.80. The number of thioether (sulfide) groups is 1. The van der Waals surface area contributed by atoms with E-state index in [-0.39, 0.29) is 0 Å². The number of hydrazine groups is 1. The molecule has 0 aliphatic carbocycles. The Morgan fingerprint density at radius 2 is 2.05 bits per heavy atom. The lowest BCUT2D eigenvalue weighted by atomic mass is 10.4. The fraction of sp³-hybridized carbons (Fsp3) is 0.667. The van der Waals surface area contributed by atoms with Gasteiger partial charge >= 0.3 is 0 Å². The highest BCUT2D eigenvalue weighted by atomic mass is 32.2. The van der Waals surface area contributed by atoms with E-state index in [0.29, 0.717) is 0 Å². The molecule has 1 fully saturated rings. The fourth-order valence-electron chi connectivity index (χ4n) is 1.75. The van der Waals surface area contributed by atoms with Crippen LogP contribution in [-0.4, -0.2) is 54.1 Å². The first-order valence-electron chi connectivity index (χ1n) is 6.58. The zero-order valence-electron chi connectivity index (χ0n) is 11.5. The Hall–Kier alpha value is -1.05. The summed E-state index contributed by atoms with van der Waals surface area (Å²) in [5.74, 6) is 1.71. The zero-order valence-corrected chi connectivity index (χ0v) is 12.3. The molecule has 19 heavy (non-hydrogen) atoms. The van der Waals surface area contributed by atoms with Crippen LogP contribution < -0.4 is 10.7 Å². The minimum Gasteiger partial charge on any atom is -0.379 e. The molecule has 6 nitrogen and oxygen atoms in total. The summed E-state index contributed by atoms with van der Waals surface area (Å²) >= 11 is 1.55. The number of nitrogens with one attached hydrogen (secondary N) is 2. The number of ether oxygens (including phenoxy) is 1. The molecule has 1 saturated heterocycles. The molecule has 1 aromatic rings. The standard InChI is InChI=1S/C12H21N5OS/c1-3-4-13-10-9-11(15-12(14-10)19-2)16-17-5-7-18-8-6-17/h9H,3-8H2,1-2H3,(H2,13,14,15,16). The third-order valence-electron chi connectivity index (χ3n) is 2.73. The molecule has 0 atom stereocenters. The molecule has 7 heteroatoms. The van der Waals surface area contributed by atoms with E-state index < -0.39 is 0 Å². The van der Waals surface area contributed by atoms with Crippen LogP contribution in [0, 0.1) is 0 Å². The lowest BCUT2D eigenvalue weighted by molar-refractivity contribution is 0.0494. The Balaban J connectivity index is 2.04. The van der Waals surface area contributed by atoms with Gasteiger partial charge in [-0.05, 0) is 12.7 Å².